The van der Waals surface area contributed by atoms with Gasteiger partial charge in [-0.15, -0.1) is 0 Å². The molecular weight excluding hydrogens is 342 g/mol. The summed E-state index contributed by atoms with van der Waals surface area (Å²) in [4.78, 5) is 4.42. The maximum Gasteiger partial charge on any atom is 0.173 e. The van der Waals surface area contributed by atoms with Crippen LogP contribution in [0.3, 0.4) is 0 Å². The number of hydrogen-bond donors (Lipinski definition) is 1. The highest BCUT2D eigenvalue weighted by Gasteiger charge is 2.26. The van der Waals surface area contributed by atoms with Crippen molar-refractivity contribution in [1.82, 2.24) is 4.90 Å². The second-order valence-corrected chi connectivity index (χ2v) is 7.19. The second-order valence-electron chi connectivity index (χ2n) is 6.80. The predicted octanol–water partition coefficient (Wildman–Crippen LogP) is 4.22. The molecule has 3 rings (SSSR count). The SMILES string of the molecule is CCN1C[C@H](CN(C)C(=S)Nc2cccc(C)c2C)Oc2ccccc21. The number of rotatable bonds is 4. The van der Waals surface area contributed by atoms with Crippen LogP contribution in [0.4, 0.5) is 11.4 Å². The van der Waals surface area contributed by atoms with E-state index in [0.29, 0.717) is 5.11 Å². The Labute approximate surface area is 161 Å². The average molecular weight is 370 g/mol. The molecule has 1 aliphatic rings. The highest BCUT2D eigenvalue weighted by atomic mass is 32.1. The Hall–Kier alpha value is -2.27. The number of fused-ring (bicyclic) bond motifs is 1. The molecular formula is C21H27N3OS. The van der Waals surface area contributed by atoms with E-state index in [1.165, 1.54) is 16.8 Å². The van der Waals surface area contributed by atoms with Gasteiger partial charge in [-0.05, 0) is 62.3 Å². The van der Waals surface area contributed by atoms with Crippen LogP contribution in [0, 0.1) is 13.8 Å². The Morgan fingerprint density at radius 1 is 1.23 bits per heavy atom. The number of hydrogen-bond acceptors (Lipinski definition) is 3. The topological polar surface area (TPSA) is 27.7 Å². The van der Waals surface area contributed by atoms with Gasteiger partial charge in [0.05, 0.1) is 18.8 Å². The van der Waals surface area contributed by atoms with Crippen molar-refractivity contribution in [2.45, 2.75) is 26.9 Å². The van der Waals surface area contributed by atoms with E-state index in [2.05, 4.69) is 60.2 Å². The molecule has 1 atom stereocenters. The summed E-state index contributed by atoms with van der Waals surface area (Å²) in [6.07, 6.45) is 0.0770. The summed E-state index contributed by atoms with van der Waals surface area (Å²) in [5.41, 5.74) is 4.71. The minimum atomic E-state index is 0.0770. The molecule has 5 heteroatoms. The van der Waals surface area contributed by atoms with Crippen LogP contribution in [0.5, 0.6) is 5.75 Å². The summed E-state index contributed by atoms with van der Waals surface area (Å²) in [5, 5.41) is 4.09. The van der Waals surface area contributed by atoms with Crippen molar-refractivity contribution in [1.29, 1.82) is 0 Å². The molecule has 1 heterocycles. The summed E-state index contributed by atoms with van der Waals surface area (Å²) in [7, 11) is 2.01. The van der Waals surface area contributed by atoms with Crippen LogP contribution in [-0.2, 0) is 0 Å². The number of nitrogens with one attached hydrogen (secondary N) is 1. The molecule has 2 aromatic rings. The zero-order valence-corrected chi connectivity index (χ0v) is 16.8. The fraction of sp³-hybridized carbons (Fsp3) is 0.381. The Bertz CT molecular complexity index is 793. The Balaban J connectivity index is 1.65. The lowest BCUT2D eigenvalue weighted by Crippen LogP contribution is -2.47. The van der Waals surface area contributed by atoms with Crippen molar-refractivity contribution >= 4 is 28.7 Å². The van der Waals surface area contributed by atoms with Crippen molar-refractivity contribution in [3.05, 3.63) is 53.6 Å². The van der Waals surface area contributed by atoms with E-state index in [9.17, 15) is 0 Å². The molecule has 0 fully saturated rings. The van der Waals surface area contributed by atoms with Gasteiger partial charge in [0.2, 0.25) is 0 Å². The van der Waals surface area contributed by atoms with Crippen molar-refractivity contribution < 1.29 is 4.74 Å². The number of para-hydroxylation sites is 2. The van der Waals surface area contributed by atoms with Gasteiger partial charge in [0.15, 0.2) is 5.11 Å². The third-order valence-corrected chi connectivity index (χ3v) is 5.39. The number of anilines is 2. The zero-order valence-electron chi connectivity index (χ0n) is 16.0. The minimum Gasteiger partial charge on any atom is -0.485 e. The molecule has 0 spiro atoms. The third kappa shape index (κ3) is 3.93. The van der Waals surface area contributed by atoms with Gasteiger partial charge in [0.1, 0.15) is 11.9 Å². The number of aryl methyl sites for hydroxylation is 1. The van der Waals surface area contributed by atoms with Crippen molar-refractivity contribution in [2.24, 2.45) is 0 Å². The maximum atomic E-state index is 6.21. The van der Waals surface area contributed by atoms with E-state index >= 15 is 0 Å². The van der Waals surface area contributed by atoms with Crippen molar-refractivity contribution in [3.8, 4) is 5.75 Å². The summed E-state index contributed by atoms with van der Waals surface area (Å²) in [6.45, 7) is 8.97. The van der Waals surface area contributed by atoms with Gasteiger partial charge in [0.25, 0.3) is 0 Å². The van der Waals surface area contributed by atoms with Crippen molar-refractivity contribution in [3.63, 3.8) is 0 Å². The van der Waals surface area contributed by atoms with Crippen LogP contribution in [0.15, 0.2) is 42.5 Å². The van der Waals surface area contributed by atoms with E-state index in [4.69, 9.17) is 17.0 Å². The van der Waals surface area contributed by atoms with Gasteiger partial charge in [-0.2, -0.15) is 0 Å². The second kappa shape index (κ2) is 7.96. The van der Waals surface area contributed by atoms with Crippen molar-refractivity contribution in [2.75, 3.05) is 36.9 Å². The van der Waals surface area contributed by atoms with Crippen LogP contribution in [-0.4, -0.2) is 42.8 Å². The van der Waals surface area contributed by atoms with Gasteiger partial charge >= 0.3 is 0 Å². The first kappa shape index (κ1) is 18.5. The highest BCUT2D eigenvalue weighted by molar-refractivity contribution is 7.80. The molecule has 0 aromatic heterocycles. The molecule has 0 radical (unpaired) electrons. The van der Waals surface area contributed by atoms with Crippen LogP contribution in [0.2, 0.25) is 0 Å². The quantitative estimate of drug-likeness (QED) is 0.815. The molecule has 26 heavy (non-hydrogen) atoms. The first-order chi connectivity index (χ1) is 12.5. The lowest BCUT2D eigenvalue weighted by atomic mass is 10.1. The Morgan fingerprint density at radius 2 is 2.00 bits per heavy atom. The van der Waals surface area contributed by atoms with Gasteiger partial charge in [-0.3, -0.25) is 0 Å². The first-order valence-electron chi connectivity index (χ1n) is 9.08. The maximum absolute atomic E-state index is 6.21. The Morgan fingerprint density at radius 3 is 2.77 bits per heavy atom. The number of likely N-dealkylation sites (N-methyl/N-ethyl adjacent to an activating group) is 2. The lowest BCUT2D eigenvalue weighted by molar-refractivity contribution is 0.169. The smallest absolute Gasteiger partial charge is 0.173 e. The van der Waals surface area contributed by atoms with E-state index in [-0.39, 0.29) is 6.10 Å². The largest absolute Gasteiger partial charge is 0.485 e. The van der Waals surface area contributed by atoms with Crippen LogP contribution in [0.25, 0.3) is 0 Å². The standard InChI is InChI=1S/C21H27N3OS/c1-5-24-14-17(25-20-12-7-6-11-19(20)24)13-23(4)21(26)22-18-10-8-9-15(2)16(18)3/h6-12,17H,5,13-14H2,1-4H3,(H,22,26)/t17-/m0/s1. The van der Waals surface area contributed by atoms with Crippen LogP contribution in [0.1, 0.15) is 18.1 Å². The fourth-order valence-electron chi connectivity index (χ4n) is 3.26. The summed E-state index contributed by atoms with van der Waals surface area (Å²) in [6, 6.07) is 14.5. The predicted molar refractivity (Wildman–Crippen MR) is 114 cm³/mol. The number of nitrogens with zero attached hydrogens (tertiary/aromatic N) is 2. The van der Waals surface area contributed by atoms with E-state index in [1.807, 2.05) is 25.2 Å². The van der Waals surface area contributed by atoms with Gasteiger partial charge < -0.3 is 19.9 Å². The molecule has 0 saturated carbocycles. The molecule has 0 bridgehead atoms. The number of benzene rings is 2. The molecule has 0 unspecified atom stereocenters. The molecule has 0 amide bonds. The zero-order chi connectivity index (χ0) is 18.7. The summed E-state index contributed by atoms with van der Waals surface area (Å²) < 4.78 is 6.21. The van der Waals surface area contributed by atoms with Crippen LogP contribution >= 0.6 is 12.2 Å². The number of ether oxygens (including phenoxy) is 1. The lowest BCUT2D eigenvalue weighted by Gasteiger charge is -2.37. The van der Waals surface area contributed by atoms with Crippen LogP contribution < -0.4 is 15.0 Å². The minimum absolute atomic E-state index is 0.0770. The molecule has 4 nitrogen and oxygen atoms in total. The molecule has 138 valence electrons. The Kier molecular flexibility index (Phi) is 5.67. The van der Waals surface area contributed by atoms with E-state index in [1.54, 1.807) is 0 Å². The number of thiocarbonyl (C=S) groups is 1. The fourth-order valence-corrected chi connectivity index (χ4v) is 3.44. The summed E-state index contributed by atoms with van der Waals surface area (Å²) in [5.74, 6) is 0.951. The molecule has 2 aromatic carbocycles. The molecule has 0 aliphatic carbocycles. The van der Waals surface area contributed by atoms with Gasteiger partial charge in [0, 0.05) is 19.3 Å². The van der Waals surface area contributed by atoms with Gasteiger partial charge in [-0.1, -0.05) is 24.3 Å². The molecule has 0 saturated heterocycles. The first-order valence-corrected chi connectivity index (χ1v) is 9.49. The summed E-state index contributed by atoms with van der Waals surface area (Å²) >= 11 is 5.61. The molecule has 1 N–H and O–H groups in total. The average Bonchev–Trinajstić information content (AvgIpc) is 2.64. The normalized spacial score (nSPS) is 15.8. The highest BCUT2D eigenvalue weighted by Crippen LogP contribution is 2.32. The monoisotopic (exact) mass is 369 g/mol. The molecule has 1 aliphatic heterocycles. The third-order valence-electron chi connectivity index (χ3n) is 4.98. The van der Waals surface area contributed by atoms with Gasteiger partial charge in [-0.25, -0.2) is 0 Å². The van der Waals surface area contributed by atoms with E-state index in [0.717, 1.165) is 31.1 Å². The van der Waals surface area contributed by atoms with E-state index < -0.39 is 0 Å².